The Balaban J connectivity index is 1.53. The summed E-state index contributed by atoms with van der Waals surface area (Å²) in [6.07, 6.45) is 8.51. The molecule has 2 fully saturated rings. The molecule has 0 bridgehead atoms. The van der Waals surface area contributed by atoms with E-state index in [0.717, 1.165) is 36.7 Å². The van der Waals surface area contributed by atoms with Crippen LogP contribution in [0.15, 0.2) is 18.5 Å². The summed E-state index contributed by atoms with van der Waals surface area (Å²) in [4.78, 5) is 24.2. The molecule has 1 saturated heterocycles. The molecule has 126 valence electrons. The first-order valence-corrected chi connectivity index (χ1v) is 8.74. The van der Waals surface area contributed by atoms with Gasteiger partial charge in [-0.3, -0.25) is 9.48 Å². The molecule has 1 aliphatic carbocycles. The van der Waals surface area contributed by atoms with Gasteiger partial charge in [0.25, 0.3) is 0 Å². The maximum Gasteiger partial charge on any atom is 0.168 e. The fourth-order valence-electron chi connectivity index (χ4n) is 3.49. The van der Waals surface area contributed by atoms with Crippen molar-refractivity contribution in [2.45, 2.75) is 51.0 Å². The first kappa shape index (κ1) is 15.3. The van der Waals surface area contributed by atoms with Crippen LogP contribution < -0.4 is 4.90 Å². The lowest BCUT2D eigenvalue weighted by atomic mass is 10.0. The molecule has 0 spiro atoms. The number of hydrogen-bond donors (Lipinski definition) is 0. The van der Waals surface area contributed by atoms with Crippen LogP contribution in [0.3, 0.4) is 0 Å². The number of aryl methyl sites for hydroxylation is 2. The third-order valence-corrected chi connectivity index (χ3v) is 4.92. The van der Waals surface area contributed by atoms with E-state index >= 15 is 0 Å². The second-order valence-electron chi connectivity index (χ2n) is 7.02. The van der Waals surface area contributed by atoms with Gasteiger partial charge in [0.2, 0.25) is 0 Å². The lowest BCUT2D eigenvalue weighted by molar-refractivity contribution is 0.0974. The van der Waals surface area contributed by atoms with E-state index in [9.17, 15) is 4.79 Å². The number of aromatic nitrogens is 4. The summed E-state index contributed by atoms with van der Waals surface area (Å²) in [6, 6.07) is 2.28. The van der Waals surface area contributed by atoms with Crippen molar-refractivity contribution in [1.82, 2.24) is 19.7 Å². The number of Topliss-reactive ketones (excluding diaryl/α,β-unsaturated/α-hetero) is 1. The van der Waals surface area contributed by atoms with Crippen LogP contribution in [0.2, 0.25) is 0 Å². The summed E-state index contributed by atoms with van der Waals surface area (Å²) in [5.74, 6) is 2.68. The van der Waals surface area contributed by atoms with E-state index in [1.54, 1.807) is 17.1 Å². The van der Waals surface area contributed by atoms with Crippen molar-refractivity contribution in [3.8, 4) is 0 Å². The van der Waals surface area contributed by atoms with E-state index in [2.05, 4.69) is 21.0 Å². The zero-order valence-corrected chi connectivity index (χ0v) is 14.3. The quantitative estimate of drug-likeness (QED) is 0.791. The molecule has 1 saturated carbocycles. The van der Waals surface area contributed by atoms with E-state index in [4.69, 9.17) is 4.98 Å². The van der Waals surface area contributed by atoms with E-state index in [1.807, 2.05) is 14.0 Å². The molecule has 6 nitrogen and oxygen atoms in total. The van der Waals surface area contributed by atoms with Gasteiger partial charge in [0.05, 0.1) is 11.8 Å². The first-order chi connectivity index (χ1) is 11.6. The molecule has 2 aromatic rings. The average molecular weight is 325 g/mol. The number of nitrogens with zero attached hydrogens (tertiary/aromatic N) is 5. The second-order valence-corrected chi connectivity index (χ2v) is 7.02. The van der Waals surface area contributed by atoms with E-state index in [1.165, 1.54) is 12.8 Å². The van der Waals surface area contributed by atoms with Crippen molar-refractivity contribution in [3.63, 3.8) is 0 Å². The largest absolute Gasteiger partial charge is 0.353 e. The summed E-state index contributed by atoms with van der Waals surface area (Å²) >= 11 is 0. The number of carbonyl (C=O) groups excluding carboxylic acids is 1. The van der Waals surface area contributed by atoms with Crippen molar-refractivity contribution >= 4 is 11.6 Å². The Morgan fingerprint density at radius 2 is 2.12 bits per heavy atom. The van der Waals surface area contributed by atoms with Gasteiger partial charge in [-0.2, -0.15) is 5.10 Å². The average Bonchev–Trinajstić information content (AvgIpc) is 3.15. The van der Waals surface area contributed by atoms with Crippen LogP contribution in [0.25, 0.3) is 0 Å². The zero-order chi connectivity index (χ0) is 16.7. The molecule has 1 unspecified atom stereocenters. The summed E-state index contributed by atoms with van der Waals surface area (Å²) in [5.41, 5.74) is 1.72. The number of anilines is 1. The molecule has 0 radical (unpaired) electrons. The fourth-order valence-corrected chi connectivity index (χ4v) is 3.49. The summed E-state index contributed by atoms with van der Waals surface area (Å²) < 4.78 is 1.68. The van der Waals surface area contributed by atoms with Crippen LogP contribution in [0.4, 0.5) is 5.82 Å². The number of carbonyl (C=O) groups is 1. The van der Waals surface area contributed by atoms with Crippen molar-refractivity contribution in [2.24, 2.45) is 7.05 Å². The Hall–Kier alpha value is -2.24. The lowest BCUT2D eigenvalue weighted by Crippen LogP contribution is -2.32. The second kappa shape index (κ2) is 6.00. The molecule has 0 amide bonds. The third-order valence-electron chi connectivity index (χ3n) is 4.92. The number of ketones is 1. The maximum atomic E-state index is 12.5. The van der Waals surface area contributed by atoms with Crippen molar-refractivity contribution < 1.29 is 4.79 Å². The molecule has 4 rings (SSSR count). The van der Waals surface area contributed by atoms with Crippen LogP contribution in [0.1, 0.15) is 59.9 Å². The Kier molecular flexibility index (Phi) is 3.82. The molecular formula is C18H23N5O. The third kappa shape index (κ3) is 3.05. The molecule has 2 aliphatic rings. The molecule has 0 aromatic carbocycles. The monoisotopic (exact) mass is 325 g/mol. The van der Waals surface area contributed by atoms with Gasteiger partial charge in [-0.25, -0.2) is 9.97 Å². The highest BCUT2D eigenvalue weighted by Crippen LogP contribution is 2.39. The molecule has 6 heteroatoms. The predicted octanol–water partition coefficient (Wildman–Crippen LogP) is 2.64. The first-order valence-electron chi connectivity index (χ1n) is 8.74. The van der Waals surface area contributed by atoms with E-state index in [-0.39, 0.29) is 11.8 Å². The highest BCUT2D eigenvalue weighted by atomic mass is 16.1. The SMILES string of the molecule is Cc1cc(N2CCCC2CC(=O)c2cnn(C)c2)nc(C2CC2)n1. The fraction of sp³-hybridized carbons (Fsp3) is 0.556. The van der Waals surface area contributed by atoms with E-state index < -0.39 is 0 Å². The van der Waals surface area contributed by atoms with Gasteiger partial charge in [-0.1, -0.05) is 0 Å². The highest BCUT2D eigenvalue weighted by Gasteiger charge is 2.31. The van der Waals surface area contributed by atoms with Crippen LogP contribution in [-0.4, -0.2) is 38.1 Å². The summed E-state index contributed by atoms with van der Waals surface area (Å²) in [5, 5.41) is 4.10. The van der Waals surface area contributed by atoms with E-state index in [0.29, 0.717) is 17.9 Å². The lowest BCUT2D eigenvalue weighted by Gasteiger charge is -2.25. The van der Waals surface area contributed by atoms with Crippen molar-refractivity contribution in [2.75, 3.05) is 11.4 Å². The van der Waals surface area contributed by atoms with Gasteiger partial charge in [0.15, 0.2) is 5.78 Å². The molecule has 1 aliphatic heterocycles. The summed E-state index contributed by atoms with van der Waals surface area (Å²) in [6.45, 7) is 2.99. The minimum Gasteiger partial charge on any atom is -0.353 e. The van der Waals surface area contributed by atoms with Gasteiger partial charge >= 0.3 is 0 Å². The maximum absolute atomic E-state index is 12.5. The van der Waals surface area contributed by atoms with Gasteiger partial charge in [-0.05, 0) is 32.6 Å². The normalized spacial score (nSPS) is 20.6. The Morgan fingerprint density at radius 3 is 2.83 bits per heavy atom. The van der Waals surface area contributed by atoms with Gasteiger partial charge in [-0.15, -0.1) is 0 Å². The highest BCUT2D eigenvalue weighted by molar-refractivity contribution is 5.96. The van der Waals surface area contributed by atoms with Gasteiger partial charge < -0.3 is 4.90 Å². The number of hydrogen-bond acceptors (Lipinski definition) is 5. The molecule has 2 aromatic heterocycles. The molecular weight excluding hydrogens is 302 g/mol. The smallest absolute Gasteiger partial charge is 0.168 e. The molecule has 24 heavy (non-hydrogen) atoms. The van der Waals surface area contributed by atoms with Crippen LogP contribution in [-0.2, 0) is 7.05 Å². The minimum atomic E-state index is 0.160. The van der Waals surface area contributed by atoms with Crippen molar-refractivity contribution in [1.29, 1.82) is 0 Å². The Bertz CT molecular complexity index is 765. The molecule has 1 atom stereocenters. The number of rotatable bonds is 5. The van der Waals surface area contributed by atoms with Gasteiger partial charge in [0.1, 0.15) is 11.6 Å². The molecule has 0 N–H and O–H groups in total. The topological polar surface area (TPSA) is 63.9 Å². The Morgan fingerprint density at radius 1 is 1.29 bits per heavy atom. The van der Waals surface area contributed by atoms with Crippen molar-refractivity contribution in [3.05, 3.63) is 35.5 Å². The standard InChI is InChI=1S/C18H23N5O/c1-12-8-17(21-18(20-12)13-5-6-13)23-7-3-4-15(23)9-16(24)14-10-19-22(2)11-14/h8,10-11,13,15H,3-7,9H2,1-2H3. The summed E-state index contributed by atoms with van der Waals surface area (Å²) in [7, 11) is 1.84. The predicted molar refractivity (Wildman–Crippen MR) is 91.3 cm³/mol. The Labute approximate surface area is 141 Å². The van der Waals surface area contributed by atoms with Gasteiger partial charge in [0, 0.05) is 49.9 Å². The van der Waals surface area contributed by atoms with Crippen LogP contribution in [0.5, 0.6) is 0 Å². The molecule has 3 heterocycles. The minimum absolute atomic E-state index is 0.160. The van der Waals surface area contributed by atoms with Crippen LogP contribution in [0, 0.1) is 6.92 Å². The van der Waals surface area contributed by atoms with Crippen LogP contribution >= 0.6 is 0 Å². The zero-order valence-electron chi connectivity index (χ0n) is 14.3.